The Morgan fingerprint density at radius 1 is 1.21 bits per heavy atom. The van der Waals surface area contributed by atoms with Gasteiger partial charge in [-0.15, -0.1) is 0 Å². The van der Waals surface area contributed by atoms with Crippen molar-refractivity contribution in [2.45, 2.75) is 52.6 Å². The van der Waals surface area contributed by atoms with E-state index in [4.69, 9.17) is 4.74 Å². The van der Waals surface area contributed by atoms with E-state index in [1.807, 2.05) is 20.8 Å². The largest absolute Gasteiger partial charge is 0.460 e. The Kier molecular flexibility index (Phi) is 5.87. The maximum absolute atomic E-state index is 11.5. The van der Waals surface area contributed by atoms with Gasteiger partial charge in [-0.2, -0.15) is 0 Å². The second-order valence-electron chi connectivity index (χ2n) is 5.67. The van der Waals surface area contributed by atoms with Crippen molar-refractivity contribution in [3.8, 4) is 0 Å². The highest BCUT2D eigenvalue weighted by molar-refractivity contribution is 5.69. The van der Waals surface area contributed by atoms with E-state index in [1.54, 1.807) is 0 Å². The molecule has 0 heterocycles. The van der Waals surface area contributed by atoms with Crippen LogP contribution in [-0.2, 0) is 16.0 Å². The molecule has 0 amide bonds. The van der Waals surface area contributed by atoms with E-state index in [-0.39, 0.29) is 11.6 Å². The Labute approximate surface area is 116 Å². The lowest BCUT2D eigenvalue weighted by Crippen LogP contribution is -2.24. The van der Waals surface area contributed by atoms with E-state index in [0.717, 1.165) is 25.1 Å². The van der Waals surface area contributed by atoms with Crippen LogP contribution in [0, 0.1) is 0 Å². The first-order valence-electron chi connectivity index (χ1n) is 6.95. The molecule has 3 heteroatoms. The molecule has 1 rings (SSSR count). The molecule has 0 aliphatic rings. The van der Waals surface area contributed by atoms with Gasteiger partial charge in [0.1, 0.15) is 5.60 Å². The minimum Gasteiger partial charge on any atom is -0.460 e. The number of esters is 1. The molecule has 0 aliphatic heterocycles. The highest BCUT2D eigenvalue weighted by Gasteiger charge is 2.15. The molecule has 1 N–H and O–H groups in total. The molecule has 1 aromatic rings. The SMILES string of the molecule is CCc1ccc(NCCCC(=O)OC(C)(C)C)cc1. The van der Waals surface area contributed by atoms with Gasteiger partial charge in [0.15, 0.2) is 0 Å². The second-order valence-corrected chi connectivity index (χ2v) is 5.67. The fourth-order valence-corrected chi connectivity index (χ4v) is 1.72. The van der Waals surface area contributed by atoms with Crippen molar-refractivity contribution in [3.05, 3.63) is 29.8 Å². The van der Waals surface area contributed by atoms with Gasteiger partial charge in [0, 0.05) is 18.7 Å². The third kappa shape index (κ3) is 6.85. The van der Waals surface area contributed by atoms with E-state index in [9.17, 15) is 4.79 Å². The van der Waals surface area contributed by atoms with Gasteiger partial charge >= 0.3 is 5.97 Å². The molecule has 0 radical (unpaired) electrons. The number of aryl methyl sites for hydroxylation is 1. The summed E-state index contributed by atoms with van der Waals surface area (Å²) in [6, 6.07) is 8.39. The molecule has 1 aromatic carbocycles. The van der Waals surface area contributed by atoms with Crippen molar-refractivity contribution >= 4 is 11.7 Å². The molecular weight excluding hydrogens is 238 g/mol. The molecule has 0 bridgehead atoms. The number of anilines is 1. The molecular formula is C16H25NO2. The van der Waals surface area contributed by atoms with E-state index in [0.29, 0.717) is 6.42 Å². The van der Waals surface area contributed by atoms with Gasteiger partial charge in [-0.25, -0.2) is 0 Å². The molecule has 0 unspecified atom stereocenters. The molecule has 0 atom stereocenters. The van der Waals surface area contributed by atoms with Crippen LogP contribution in [-0.4, -0.2) is 18.1 Å². The van der Waals surface area contributed by atoms with Crippen LogP contribution >= 0.6 is 0 Å². The van der Waals surface area contributed by atoms with Gasteiger partial charge in [0.2, 0.25) is 0 Å². The summed E-state index contributed by atoms with van der Waals surface area (Å²) < 4.78 is 5.25. The Morgan fingerprint density at radius 3 is 2.37 bits per heavy atom. The topological polar surface area (TPSA) is 38.3 Å². The maximum Gasteiger partial charge on any atom is 0.306 e. The van der Waals surface area contributed by atoms with Gasteiger partial charge in [-0.1, -0.05) is 19.1 Å². The molecule has 0 saturated heterocycles. The summed E-state index contributed by atoms with van der Waals surface area (Å²) in [5.41, 5.74) is 2.04. The van der Waals surface area contributed by atoms with Crippen molar-refractivity contribution in [1.29, 1.82) is 0 Å². The highest BCUT2D eigenvalue weighted by Crippen LogP contribution is 2.11. The van der Waals surface area contributed by atoms with Gasteiger partial charge in [0.25, 0.3) is 0 Å². The summed E-state index contributed by atoms with van der Waals surface area (Å²) in [4.78, 5) is 11.5. The molecule has 0 aliphatic carbocycles. The Hall–Kier alpha value is -1.51. The number of carbonyl (C=O) groups excluding carboxylic acids is 1. The van der Waals surface area contributed by atoms with Crippen LogP contribution in [0.1, 0.15) is 46.1 Å². The van der Waals surface area contributed by atoms with Crippen molar-refractivity contribution < 1.29 is 9.53 Å². The minimum atomic E-state index is -0.388. The molecule has 0 spiro atoms. The van der Waals surface area contributed by atoms with Gasteiger partial charge in [0.05, 0.1) is 0 Å². The predicted octanol–water partition coefficient (Wildman–Crippen LogP) is 3.78. The van der Waals surface area contributed by atoms with Gasteiger partial charge < -0.3 is 10.1 Å². The Morgan fingerprint density at radius 2 is 1.84 bits per heavy atom. The van der Waals surface area contributed by atoms with Gasteiger partial charge in [-0.05, 0) is 51.3 Å². The monoisotopic (exact) mass is 263 g/mol. The fourth-order valence-electron chi connectivity index (χ4n) is 1.72. The van der Waals surface area contributed by atoms with Crippen LogP contribution in [0.3, 0.4) is 0 Å². The van der Waals surface area contributed by atoms with Crippen molar-refractivity contribution in [2.24, 2.45) is 0 Å². The number of hydrogen-bond donors (Lipinski definition) is 1. The van der Waals surface area contributed by atoms with E-state index >= 15 is 0 Å². The smallest absolute Gasteiger partial charge is 0.306 e. The quantitative estimate of drug-likeness (QED) is 0.627. The predicted molar refractivity (Wildman–Crippen MR) is 79.4 cm³/mol. The second kappa shape index (κ2) is 7.17. The summed E-state index contributed by atoms with van der Waals surface area (Å²) in [6.45, 7) is 8.59. The third-order valence-corrected chi connectivity index (χ3v) is 2.67. The molecule has 19 heavy (non-hydrogen) atoms. The first-order chi connectivity index (χ1) is 8.90. The summed E-state index contributed by atoms with van der Waals surface area (Å²) in [7, 11) is 0. The van der Waals surface area contributed by atoms with Crippen LogP contribution in [0.4, 0.5) is 5.69 Å². The van der Waals surface area contributed by atoms with E-state index < -0.39 is 0 Å². The molecule has 3 nitrogen and oxygen atoms in total. The van der Waals surface area contributed by atoms with Crippen molar-refractivity contribution in [2.75, 3.05) is 11.9 Å². The molecule has 0 aromatic heterocycles. The van der Waals surface area contributed by atoms with E-state index in [1.165, 1.54) is 5.56 Å². The first kappa shape index (κ1) is 15.5. The van der Waals surface area contributed by atoms with Crippen LogP contribution in [0.25, 0.3) is 0 Å². The Balaban J connectivity index is 2.21. The number of rotatable bonds is 6. The molecule has 106 valence electrons. The van der Waals surface area contributed by atoms with Crippen LogP contribution in [0.2, 0.25) is 0 Å². The van der Waals surface area contributed by atoms with Crippen molar-refractivity contribution in [3.63, 3.8) is 0 Å². The highest BCUT2D eigenvalue weighted by atomic mass is 16.6. The zero-order valence-electron chi connectivity index (χ0n) is 12.5. The third-order valence-electron chi connectivity index (χ3n) is 2.67. The number of benzene rings is 1. The minimum absolute atomic E-state index is 0.129. The van der Waals surface area contributed by atoms with Crippen LogP contribution in [0.5, 0.6) is 0 Å². The lowest BCUT2D eigenvalue weighted by atomic mass is 10.1. The summed E-state index contributed by atoms with van der Waals surface area (Å²) in [6.07, 6.45) is 2.29. The zero-order chi connectivity index (χ0) is 14.3. The van der Waals surface area contributed by atoms with Crippen LogP contribution in [0.15, 0.2) is 24.3 Å². The standard InChI is InChI=1S/C16H25NO2/c1-5-13-8-10-14(11-9-13)17-12-6-7-15(18)19-16(2,3)4/h8-11,17H,5-7,12H2,1-4H3. The summed E-state index contributed by atoms with van der Waals surface area (Å²) in [5.74, 6) is -0.129. The lowest BCUT2D eigenvalue weighted by Gasteiger charge is -2.19. The van der Waals surface area contributed by atoms with Crippen LogP contribution < -0.4 is 5.32 Å². The summed E-state index contributed by atoms with van der Waals surface area (Å²) >= 11 is 0. The van der Waals surface area contributed by atoms with E-state index in [2.05, 4.69) is 36.5 Å². The molecule has 0 fully saturated rings. The van der Waals surface area contributed by atoms with Crippen molar-refractivity contribution in [1.82, 2.24) is 0 Å². The fraction of sp³-hybridized carbons (Fsp3) is 0.562. The normalized spacial score (nSPS) is 11.2. The average molecular weight is 263 g/mol. The van der Waals surface area contributed by atoms with Gasteiger partial charge in [-0.3, -0.25) is 4.79 Å². The molecule has 0 saturated carbocycles. The number of hydrogen-bond acceptors (Lipinski definition) is 3. The number of ether oxygens (including phenoxy) is 1. The lowest BCUT2D eigenvalue weighted by molar-refractivity contribution is -0.154. The first-order valence-corrected chi connectivity index (χ1v) is 6.95. The summed E-state index contributed by atoms with van der Waals surface area (Å²) in [5, 5.41) is 3.31. The number of carbonyl (C=O) groups is 1. The maximum atomic E-state index is 11.5. The zero-order valence-corrected chi connectivity index (χ0v) is 12.5. The number of nitrogens with one attached hydrogen (secondary N) is 1. The Bertz CT molecular complexity index is 390. The average Bonchev–Trinajstić information content (AvgIpc) is 2.33.